The highest BCUT2D eigenvalue weighted by Crippen LogP contribution is 2.32. The van der Waals surface area contributed by atoms with E-state index in [4.69, 9.17) is 4.74 Å². The van der Waals surface area contributed by atoms with Gasteiger partial charge in [0.2, 0.25) is 0 Å². The molecule has 1 aliphatic heterocycles. The zero-order chi connectivity index (χ0) is 13.8. The summed E-state index contributed by atoms with van der Waals surface area (Å²) in [4.78, 5) is 4.47. The lowest BCUT2D eigenvalue weighted by atomic mass is 9.90. The van der Waals surface area contributed by atoms with Crippen molar-refractivity contribution in [3.63, 3.8) is 0 Å². The number of hydrogen-bond donors (Lipinski definition) is 1. The van der Waals surface area contributed by atoms with Crippen LogP contribution in [0.4, 0.5) is 0 Å². The molecule has 3 nitrogen and oxygen atoms in total. The van der Waals surface area contributed by atoms with Crippen LogP contribution in [-0.4, -0.2) is 24.7 Å². The van der Waals surface area contributed by atoms with E-state index in [0.29, 0.717) is 12.0 Å². The molecule has 20 heavy (non-hydrogen) atoms. The normalized spacial score (nSPS) is 20.4. The number of aromatic nitrogens is 1. The Kier molecular flexibility index (Phi) is 4.28. The van der Waals surface area contributed by atoms with E-state index in [2.05, 4.69) is 41.5 Å². The maximum Gasteiger partial charge on any atom is 0.0705 e. The molecular weight excluding hydrogens is 248 g/mol. The summed E-state index contributed by atoms with van der Waals surface area (Å²) in [6.45, 7) is 4.99. The standard InChI is InChI=1S/C17H22N2O/c1-2-9-19-17(13-8-11-20-12-13)15-5-3-7-16-14(15)6-4-10-18-16/h3-7,10,13,17,19H,2,8-9,11-12H2,1H3. The highest BCUT2D eigenvalue weighted by molar-refractivity contribution is 5.82. The summed E-state index contributed by atoms with van der Waals surface area (Å²) in [5, 5.41) is 4.97. The Morgan fingerprint density at radius 1 is 1.35 bits per heavy atom. The number of hydrogen-bond acceptors (Lipinski definition) is 3. The van der Waals surface area contributed by atoms with Gasteiger partial charge in [-0.1, -0.05) is 25.1 Å². The van der Waals surface area contributed by atoms with Gasteiger partial charge in [0.25, 0.3) is 0 Å². The van der Waals surface area contributed by atoms with Crippen LogP contribution in [-0.2, 0) is 4.74 Å². The fourth-order valence-corrected chi connectivity index (χ4v) is 3.04. The van der Waals surface area contributed by atoms with Crippen LogP contribution < -0.4 is 5.32 Å². The number of fused-ring (bicyclic) bond motifs is 1. The van der Waals surface area contributed by atoms with Crippen LogP contribution in [0.5, 0.6) is 0 Å². The van der Waals surface area contributed by atoms with Gasteiger partial charge < -0.3 is 10.1 Å². The number of pyridine rings is 1. The van der Waals surface area contributed by atoms with E-state index in [9.17, 15) is 0 Å². The number of ether oxygens (including phenoxy) is 1. The SMILES string of the molecule is CCCNC(c1cccc2ncccc12)C1CCOC1. The average Bonchev–Trinajstić information content (AvgIpc) is 3.02. The van der Waals surface area contributed by atoms with Crippen LogP contribution in [0, 0.1) is 5.92 Å². The van der Waals surface area contributed by atoms with Gasteiger partial charge in [0, 0.05) is 30.1 Å². The van der Waals surface area contributed by atoms with Gasteiger partial charge in [0.1, 0.15) is 0 Å². The summed E-state index contributed by atoms with van der Waals surface area (Å²) in [5.41, 5.74) is 2.44. The molecule has 0 amide bonds. The zero-order valence-corrected chi connectivity index (χ0v) is 12.0. The minimum absolute atomic E-state index is 0.366. The van der Waals surface area contributed by atoms with E-state index >= 15 is 0 Å². The van der Waals surface area contributed by atoms with Crippen LogP contribution in [0.1, 0.15) is 31.4 Å². The second-order valence-corrected chi connectivity index (χ2v) is 5.47. The van der Waals surface area contributed by atoms with Crippen LogP contribution in [0.25, 0.3) is 10.9 Å². The Balaban J connectivity index is 1.99. The minimum atomic E-state index is 0.366. The van der Waals surface area contributed by atoms with E-state index in [1.807, 2.05) is 12.3 Å². The van der Waals surface area contributed by atoms with Gasteiger partial charge in [0.05, 0.1) is 12.1 Å². The first-order chi connectivity index (χ1) is 9.90. The van der Waals surface area contributed by atoms with Crippen molar-refractivity contribution in [3.05, 3.63) is 42.1 Å². The van der Waals surface area contributed by atoms with Crippen molar-refractivity contribution < 1.29 is 4.74 Å². The van der Waals surface area contributed by atoms with Gasteiger partial charge in [0.15, 0.2) is 0 Å². The van der Waals surface area contributed by atoms with Crippen molar-refractivity contribution in [1.82, 2.24) is 10.3 Å². The molecule has 0 aliphatic carbocycles. The molecule has 1 aromatic heterocycles. The molecule has 0 radical (unpaired) electrons. The summed E-state index contributed by atoms with van der Waals surface area (Å²) >= 11 is 0. The third-order valence-corrected chi connectivity index (χ3v) is 4.07. The summed E-state index contributed by atoms with van der Waals surface area (Å²) < 4.78 is 5.60. The van der Waals surface area contributed by atoms with Crippen molar-refractivity contribution in [2.24, 2.45) is 5.92 Å². The molecule has 2 atom stereocenters. The summed E-state index contributed by atoms with van der Waals surface area (Å²) in [6, 6.07) is 11.0. The number of benzene rings is 1. The minimum Gasteiger partial charge on any atom is -0.381 e. The molecule has 1 aromatic carbocycles. The first-order valence-electron chi connectivity index (χ1n) is 7.55. The predicted octanol–water partition coefficient (Wildman–Crippen LogP) is 3.31. The average molecular weight is 270 g/mol. The van der Waals surface area contributed by atoms with Gasteiger partial charge in [-0.2, -0.15) is 0 Å². The molecular formula is C17H22N2O. The Bertz CT molecular complexity index is 558. The lowest BCUT2D eigenvalue weighted by Crippen LogP contribution is -2.29. The number of nitrogens with one attached hydrogen (secondary N) is 1. The van der Waals surface area contributed by atoms with Crippen molar-refractivity contribution in [1.29, 1.82) is 0 Å². The molecule has 3 heteroatoms. The van der Waals surface area contributed by atoms with E-state index in [-0.39, 0.29) is 0 Å². The van der Waals surface area contributed by atoms with Crippen LogP contribution in [0.3, 0.4) is 0 Å². The monoisotopic (exact) mass is 270 g/mol. The topological polar surface area (TPSA) is 34.2 Å². The molecule has 106 valence electrons. The number of nitrogens with zero attached hydrogens (tertiary/aromatic N) is 1. The molecule has 3 rings (SSSR count). The second-order valence-electron chi connectivity index (χ2n) is 5.47. The Hall–Kier alpha value is -1.45. The van der Waals surface area contributed by atoms with Crippen LogP contribution in [0.15, 0.2) is 36.5 Å². The fourth-order valence-electron chi connectivity index (χ4n) is 3.04. The zero-order valence-electron chi connectivity index (χ0n) is 12.0. The largest absolute Gasteiger partial charge is 0.381 e. The van der Waals surface area contributed by atoms with E-state index < -0.39 is 0 Å². The maximum absolute atomic E-state index is 5.60. The van der Waals surface area contributed by atoms with Gasteiger partial charge >= 0.3 is 0 Å². The lowest BCUT2D eigenvalue weighted by molar-refractivity contribution is 0.177. The number of rotatable bonds is 5. The molecule has 2 aromatic rings. The van der Waals surface area contributed by atoms with Gasteiger partial charge in [-0.25, -0.2) is 0 Å². The molecule has 1 fully saturated rings. The summed E-state index contributed by atoms with van der Waals surface area (Å²) in [6.07, 6.45) is 4.14. The quantitative estimate of drug-likeness (QED) is 0.905. The van der Waals surface area contributed by atoms with E-state index in [1.165, 1.54) is 10.9 Å². The molecule has 1 N–H and O–H groups in total. The van der Waals surface area contributed by atoms with Gasteiger partial charge in [-0.15, -0.1) is 0 Å². The Morgan fingerprint density at radius 3 is 3.10 bits per heavy atom. The molecule has 1 aliphatic rings. The van der Waals surface area contributed by atoms with Gasteiger partial charge in [-0.3, -0.25) is 4.98 Å². The molecule has 0 spiro atoms. The van der Waals surface area contributed by atoms with Crippen molar-refractivity contribution in [2.75, 3.05) is 19.8 Å². The highest BCUT2D eigenvalue weighted by Gasteiger charge is 2.27. The second kappa shape index (κ2) is 6.33. The molecule has 0 saturated carbocycles. The first-order valence-corrected chi connectivity index (χ1v) is 7.55. The molecule has 0 bridgehead atoms. The van der Waals surface area contributed by atoms with Crippen molar-refractivity contribution in [2.45, 2.75) is 25.8 Å². The lowest BCUT2D eigenvalue weighted by Gasteiger charge is -2.25. The fraction of sp³-hybridized carbons (Fsp3) is 0.471. The van der Waals surface area contributed by atoms with Crippen LogP contribution >= 0.6 is 0 Å². The Morgan fingerprint density at radius 2 is 2.30 bits per heavy atom. The smallest absolute Gasteiger partial charge is 0.0705 e. The molecule has 2 heterocycles. The van der Waals surface area contributed by atoms with E-state index in [1.54, 1.807) is 0 Å². The van der Waals surface area contributed by atoms with Gasteiger partial charge in [-0.05, 0) is 37.1 Å². The molecule has 1 saturated heterocycles. The molecule has 2 unspecified atom stereocenters. The first kappa shape index (κ1) is 13.5. The third kappa shape index (κ3) is 2.69. The van der Waals surface area contributed by atoms with Crippen LogP contribution in [0.2, 0.25) is 0 Å². The van der Waals surface area contributed by atoms with Crippen molar-refractivity contribution in [3.8, 4) is 0 Å². The summed E-state index contributed by atoms with van der Waals surface area (Å²) in [5.74, 6) is 0.562. The van der Waals surface area contributed by atoms with Crippen molar-refractivity contribution >= 4 is 10.9 Å². The predicted molar refractivity (Wildman–Crippen MR) is 81.7 cm³/mol. The van der Waals surface area contributed by atoms with E-state index in [0.717, 1.165) is 38.1 Å². The highest BCUT2D eigenvalue weighted by atomic mass is 16.5. The Labute approximate surface area is 120 Å². The maximum atomic E-state index is 5.60. The summed E-state index contributed by atoms with van der Waals surface area (Å²) in [7, 11) is 0. The third-order valence-electron chi connectivity index (χ3n) is 4.07.